The zero-order chi connectivity index (χ0) is 38.2. The van der Waals surface area contributed by atoms with Gasteiger partial charge in [-0.05, 0) is 32.1 Å². The van der Waals surface area contributed by atoms with Crippen LogP contribution < -0.4 is 5.32 Å². The maximum Gasteiger partial charge on any atom is 0.249 e. The Balaban J connectivity index is 2.50. The first-order valence-corrected chi connectivity index (χ1v) is 21.2. The molecule has 0 aromatic rings. The molecule has 7 N–H and O–H groups in total. The van der Waals surface area contributed by atoms with Crippen LogP contribution in [-0.2, 0) is 14.3 Å². The molecule has 1 fully saturated rings. The van der Waals surface area contributed by atoms with Gasteiger partial charge in [-0.25, -0.2) is 0 Å². The number of hydrogen-bond donors (Lipinski definition) is 7. The molecule has 0 aromatic heterocycles. The number of amides is 1. The summed E-state index contributed by atoms with van der Waals surface area (Å²) in [6, 6.07) is -0.991. The molecule has 1 amide bonds. The Morgan fingerprint density at radius 1 is 0.654 bits per heavy atom. The number of carbonyl (C=O) groups excluding carboxylic acids is 1. The van der Waals surface area contributed by atoms with E-state index in [-0.39, 0.29) is 6.61 Å². The molecule has 1 rings (SSSR count). The van der Waals surface area contributed by atoms with Crippen molar-refractivity contribution in [1.82, 2.24) is 5.32 Å². The van der Waals surface area contributed by atoms with E-state index in [9.17, 15) is 35.4 Å². The van der Waals surface area contributed by atoms with E-state index in [0.29, 0.717) is 19.3 Å². The van der Waals surface area contributed by atoms with Gasteiger partial charge in [-0.15, -0.1) is 0 Å². The van der Waals surface area contributed by atoms with Gasteiger partial charge in [0.15, 0.2) is 6.29 Å². The molecule has 0 saturated carbocycles. The smallest absolute Gasteiger partial charge is 0.249 e. The Kier molecular flexibility index (Phi) is 30.9. The highest BCUT2D eigenvalue weighted by Gasteiger charge is 2.44. The van der Waals surface area contributed by atoms with Gasteiger partial charge in [0.05, 0.1) is 25.4 Å². The first kappa shape index (κ1) is 48.6. The number of unbranched alkanes of at least 4 members (excludes halogenated alkanes) is 21. The van der Waals surface area contributed by atoms with Crippen LogP contribution in [0.3, 0.4) is 0 Å². The summed E-state index contributed by atoms with van der Waals surface area (Å²) in [4.78, 5) is 13.0. The van der Waals surface area contributed by atoms with Crippen molar-refractivity contribution in [1.29, 1.82) is 0 Å². The Labute approximate surface area is 316 Å². The van der Waals surface area contributed by atoms with Gasteiger partial charge in [-0.1, -0.05) is 167 Å². The fraction of sp³-hybridized carbons (Fsp3) is 0.881. The van der Waals surface area contributed by atoms with Crippen LogP contribution in [0.15, 0.2) is 24.3 Å². The van der Waals surface area contributed by atoms with E-state index >= 15 is 0 Å². The fourth-order valence-corrected chi connectivity index (χ4v) is 6.59. The number of ether oxygens (including phenoxy) is 2. The molecule has 0 aromatic carbocycles. The van der Waals surface area contributed by atoms with Crippen LogP contribution in [0.1, 0.15) is 174 Å². The molecule has 0 spiro atoms. The summed E-state index contributed by atoms with van der Waals surface area (Å²) in [5.41, 5.74) is 0. The molecule has 10 heteroatoms. The van der Waals surface area contributed by atoms with E-state index in [4.69, 9.17) is 9.47 Å². The lowest BCUT2D eigenvalue weighted by molar-refractivity contribution is -0.302. The van der Waals surface area contributed by atoms with E-state index in [0.717, 1.165) is 32.1 Å². The molecule has 1 saturated heterocycles. The van der Waals surface area contributed by atoms with Gasteiger partial charge < -0.3 is 45.4 Å². The quantitative estimate of drug-likeness (QED) is 0.0274. The summed E-state index contributed by atoms with van der Waals surface area (Å²) >= 11 is 0. The lowest BCUT2D eigenvalue weighted by Crippen LogP contribution is -2.60. The van der Waals surface area contributed by atoms with Gasteiger partial charge in [0, 0.05) is 0 Å². The fourth-order valence-electron chi connectivity index (χ4n) is 6.59. The molecule has 0 radical (unpaired) electrons. The molecule has 0 aliphatic carbocycles. The number of aliphatic hydroxyl groups is 6. The van der Waals surface area contributed by atoms with Crippen molar-refractivity contribution in [2.24, 2.45) is 0 Å². The average molecular weight is 742 g/mol. The van der Waals surface area contributed by atoms with Gasteiger partial charge in [-0.3, -0.25) is 4.79 Å². The summed E-state index contributed by atoms with van der Waals surface area (Å²) < 4.78 is 11.1. The maximum atomic E-state index is 13.0. The van der Waals surface area contributed by atoms with Gasteiger partial charge in [-0.2, -0.15) is 0 Å². The molecule has 1 aliphatic heterocycles. The van der Waals surface area contributed by atoms with Gasteiger partial charge in [0.2, 0.25) is 5.91 Å². The van der Waals surface area contributed by atoms with Crippen molar-refractivity contribution < 1.29 is 44.9 Å². The third kappa shape index (κ3) is 23.4. The number of allylic oxidation sites excluding steroid dienone is 3. The largest absolute Gasteiger partial charge is 0.394 e. The molecule has 1 aliphatic rings. The highest BCUT2D eigenvalue weighted by atomic mass is 16.7. The van der Waals surface area contributed by atoms with Crippen LogP contribution in [0.5, 0.6) is 0 Å². The molecule has 10 nitrogen and oxygen atoms in total. The highest BCUT2D eigenvalue weighted by molar-refractivity contribution is 5.80. The topological polar surface area (TPSA) is 169 Å². The Bertz CT molecular complexity index is 886. The van der Waals surface area contributed by atoms with E-state index in [1.807, 2.05) is 6.08 Å². The van der Waals surface area contributed by atoms with Crippen LogP contribution in [0, 0.1) is 0 Å². The third-order valence-electron chi connectivity index (χ3n) is 10.1. The number of rotatable bonds is 34. The average Bonchev–Trinajstić information content (AvgIpc) is 3.14. The Morgan fingerprint density at radius 2 is 1.13 bits per heavy atom. The van der Waals surface area contributed by atoms with E-state index in [1.165, 1.54) is 109 Å². The van der Waals surface area contributed by atoms with Crippen LogP contribution in [0.4, 0.5) is 0 Å². The molecule has 52 heavy (non-hydrogen) atoms. The molecule has 1 unspecified atom stereocenters. The first-order valence-electron chi connectivity index (χ1n) is 21.2. The summed E-state index contributed by atoms with van der Waals surface area (Å²) in [5.74, 6) is -0.627. The predicted molar refractivity (Wildman–Crippen MR) is 209 cm³/mol. The number of carbonyl (C=O) groups is 1. The number of nitrogens with one attached hydrogen (secondary N) is 1. The monoisotopic (exact) mass is 742 g/mol. The van der Waals surface area contributed by atoms with E-state index in [1.54, 1.807) is 6.08 Å². The van der Waals surface area contributed by atoms with E-state index < -0.39 is 61.5 Å². The maximum absolute atomic E-state index is 13.0. The molecular weight excluding hydrogens is 662 g/mol. The minimum atomic E-state index is -1.61. The first-order chi connectivity index (χ1) is 25.3. The SMILES string of the molecule is CCCCCCCCC/C=C/CC/C=C/[C@@H](O)[C@H](CO[C@@H]1O[C@H](CO)[C@H](O)[C@H](O)[C@H]1O)NC(=O)C(O)CCCCCCCCCCCCCCCC. The second-order valence-electron chi connectivity index (χ2n) is 14.9. The van der Waals surface area contributed by atoms with Gasteiger partial charge in [0.1, 0.15) is 30.5 Å². The van der Waals surface area contributed by atoms with Crippen molar-refractivity contribution in [2.45, 2.75) is 223 Å². The summed E-state index contributed by atoms with van der Waals surface area (Å²) in [5, 5.41) is 64.4. The predicted octanol–water partition coefficient (Wildman–Crippen LogP) is 6.91. The molecule has 0 bridgehead atoms. The van der Waals surface area contributed by atoms with Crippen LogP contribution >= 0.6 is 0 Å². The summed E-state index contributed by atoms with van der Waals surface area (Å²) in [7, 11) is 0. The van der Waals surface area contributed by atoms with Crippen molar-refractivity contribution in [3.05, 3.63) is 24.3 Å². The zero-order valence-electron chi connectivity index (χ0n) is 32.9. The minimum absolute atomic E-state index is 0.307. The zero-order valence-corrected chi connectivity index (χ0v) is 32.9. The Hall–Kier alpha value is -1.37. The van der Waals surface area contributed by atoms with Crippen molar-refractivity contribution in [3.63, 3.8) is 0 Å². The van der Waals surface area contributed by atoms with Crippen molar-refractivity contribution in [3.8, 4) is 0 Å². The van der Waals surface area contributed by atoms with Crippen molar-refractivity contribution in [2.75, 3.05) is 13.2 Å². The molecule has 1 heterocycles. The highest BCUT2D eigenvalue weighted by Crippen LogP contribution is 2.22. The van der Waals surface area contributed by atoms with Gasteiger partial charge in [0.25, 0.3) is 0 Å². The second-order valence-corrected chi connectivity index (χ2v) is 14.9. The Morgan fingerprint density at radius 3 is 1.67 bits per heavy atom. The number of hydrogen-bond acceptors (Lipinski definition) is 9. The van der Waals surface area contributed by atoms with Crippen LogP contribution in [0.25, 0.3) is 0 Å². The van der Waals surface area contributed by atoms with Crippen molar-refractivity contribution >= 4 is 5.91 Å². The van der Waals surface area contributed by atoms with Crippen LogP contribution in [-0.4, -0.2) is 98.7 Å². The van der Waals surface area contributed by atoms with Crippen LogP contribution in [0.2, 0.25) is 0 Å². The third-order valence-corrected chi connectivity index (χ3v) is 10.1. The summed E-state index contributed by atoms with van der Waals surface area (Å²) in [6.45, 7) is 3.56. The molecule has 306 valence electrons. The molecule has 8 atom stereocenters. The minimum Gasteiger partial charge on any atom is -0.394 e. The lowest BCUT2D eigenvalue weighted by Gasteiger charge is -2.40. The van der Waals surface area contributed by atoms with Gasteiger partial charge >= 0.3 is 0 Å². The summed E-state index contributed by atoms with van der Waals surface area (Å²) in [6.07, 6.45) is 26.9. The number of aliphatic hydroxyl groups excluding tert-OH is 6. The lowest BCUT2D eigenvalue weighted by atomic mass is 9.99. The second kappa shape index (κ2) is 33.0. The van der Waals surface area contributed by atoms with E-state index in [2.05, 4.69) is 31.3 Å². The normalized spacial score (nSPS) is 22.7. The standard InChI is InChI=1S/C42H79NO9/c1-3-5-7-9-11-13-15-17-19-21-23-25-27-29-31-36(46)41(50)43-34(33-51-42-40(49)39(48)38(47)37(32-44)52-42)35(45)30-28-26-24-22-20-18-16-14-12-10-8-6-4-2/h20,22,28,30,34-40,42,44-49H,3-19,21,23-27,29,31-33H2,1-2H3,(H,43,50)/b22-20+,30-28+/t34-,35+,36?,37+,38-,39-,40+,42+/m0/s1. The molecular formula is C42H79NO9.